The molecule has 7 nitrogen and oxygen atoms in total. The van der Waals surface area contributed by atoms with E-state index in [1.807, 2.05) is 42.5 Å². The number of fused-ring (bicyclic) bond motifs is 1. The summed E-state index contributed by atoms with van der Waals surface area (Å²) in [6.45, 7) is 7.80. The summed E-state index contributed by atoms with van der Waals surface area (Å²) in [6.07, 6.45) is 1.51. The number of aromatic nitrogens is 2. The minimum Gasteiger partial charge on any atom is -0.439 e. The predicted molar refractivity (Wildman–Crippen MR) is 133 cm³/mol. The van der Waals surface area contributed by atoms with Crippen molar-refractivity contribution in [3.63, 3.8) is 0 Å². The number of anilines is 2. The van der Waals surface area contributed by atoms with Crippen LogP contribution in [-0.2, 0) is 10.2 Å². The average molecular weight is 455 g/mol. The molecule has 0 spiro atoms. The molecule has 4 aromatic rings. The third-order valence-electron chi connectivity index (χ3n) is 5.22. The van der Waals surface area contributed by atoms with Crippen LogP contribution in [-0.4, -0.2) is 21.8 Å². The monoisotopic (exact) mass is 454 g/mol. The topological polar surface area (TPSA) is 93.2 Å². The van der Waals surface area contributed by atoms with E-state index in [-0.39, 0.29) is 23.2 Å². The molecule has 0 bridgehead atoms. The summed E-state index contributed by atoms with van der Waals surface area (Å²) in [6, 6.07) is 20.5. The van der Waals surface area contributed by atoms with E-state index in [0.29, 0.717) is 17.2 Å². The predicted octanol–water partition coefficient (Wildman–Crippen LogP) is 5.93. The van der Waals surface area contributed by atoms with Crippen LogP contribution in [0.2, 0.25) is 0 Å². The van der Waals surface area contributed by atoms with Crippen molar-refractivity contribution in [2.45, 2.75) is 33.1 Å². The van der Waals surface area contributed by atoms with Gasteiger partial charge in [-0.3, -0.25) is 14.9 Å². The van der Waals surface area contributed by atoms with Crippen molar-refractivity contribution in [1.29, 1.82) is 0 Å². The Bertz CT molecular complexity index is 1380. The number of carbonyl (C=O) groups excluding carboxylic acids is 2. The zero-order valence-corrected chi connectivity index (χ0v) is 19.5. The van der Waals surface area contributed by atoms with Gasteiger partial charge < -0.3 is 10.1 Å². The van der Waals surface area contributed by atoms with Crippen LogP contribution in [0.3, 0.4) is 0 Å². The number of nitrogens with zero attached hydrogens (tertiary/aromatic N) is 2. The van der Waals surface area contributed by atoms with Crippen LogP contribution in [0, 0.1) is 0 Å². The van der Waals surface area contributed by atoms with Crippen molar-refractivity contribution in [3.8, 4) is 11.6 Å². The van der Waals surface area contributed by atoms with Gasteiger partial charge in [-0.15, -0.1) is 0 Å². The molecule has 0 aliphatic heterocycles. The molecule has 0 unspecified atom stereocenters. The lowest BCUT2D eigenvalue weighted by Gasteiger charge is -2.20. The normalized spacial score (nSPS) is 11.2. The highest BCUT2D eigenvalue weighted by atomic mass is 16.5. The zero-order valence-electron chi connectivity index (χ0n) is 19.5. The number of ether oxygens (including phenoxy) is 1. The van der Waals surface area contributed by atoms with Gasteiger partial charge in [-0.2, -0.15) is 4.98 Å². The van der Waals surface area contributed by atoms with Gasteiger partial charge in [-0.05, 0) is 58.1 Å². The molecule has 0 atom stereocenters. The first-order chi connectivity index (χ1) is 16.2. The van der Waals surface area contributed by atoms with Crippen LogP contribution in [0.25, 0.3) is 10.8 Å². The van der Waals surface area contributed by atoms with Crippen LogP contribution in [0.4, 0.5) is 11.6 Å². The van der Waals surface area contributed by atoms with Crippen molar-refractivity contribution in [3.05, 3.63) is 84.1 Å². The number of amides is 2. The van der Waals surface area contributed by atoms with Crippen molar-refractivity contribution in [1.82, 2.24) is 9.97 Å². The lowest BCUT2D eigenvalue weighted by atomic mass is 9.87. The summed E-state index contributed by atoms with van der Waals surface area (Å²) in [4.78, 5) is 32.5. The van der Waals surface area contributed by atoms with E-state index in [1.165, 1.54) is 13.1 Å². The van der Waals surface area contributed by atoms with E-state index in [2.05, 4.69) is 47.4 Å². The number of benzene rings is 3. The fourth-order valence-electron chi connectivity index (χ4n) is 3.52. The summed E-state index contributed by atoms with van der Waals surface area (Å²) < 4.78 is 5.85. The van der Waals surface area contributed by atoms with Gasteiger partial charge in [0.05, 0.1) is 0 Å². The summed E-state index contributed by atoms with van der Waals surface area (Å²) in [5, 5.41) is 7.20. The number of rotatable bonds is 5. The Kier molecular flexibility index (Phi) is 6.27. The van der Waals surface area contributed by atoms with Gasteiger partial charge in [-0.1, -0.05) is 45.0 Å². The Morgan fingerprint density at radius 2 is 1.71 bits per heavy atom. The second-order valence-electron chi connectivity index (χ2n) is 8.98. The summed E-state index contributed by atoms with van der Waals surface area (Å²) in [7, 11) is 0. The van der Waals surface area contributed by atoms with Crippen LogP contribution in [0.1, 0.15) is 43.6 Å². The molecule has 1 heterocycles. The molecule has 7 heteroatoms. The minimum atomic E-state index is -0.265. The maximum absolute atomic E-state index is 13.1. The van der Waals surface area contributed by atoms with Crippen molar-refractivity contribution in [2.75, 3.05) is 10.6 Å². The first-order valence-electron chi connectivity index (χ1n) is 10.9. The van der Waals surface area contributed by atoms with Gasteiger partial charge in [-0.25, -0.2) is 4.98 Å². The Balaban J connectivity index is 1.57. The Morgan fingerprint density at radius 3 is 2.47 bits per heavy atom. The number of carbonyl (C=O) groups is 2. The largest absolute Gasteiger partial charge is 0.439 e. The van der Waals surface area contributed by atoms with Crippen LogP contribution < -0.4 is 15.4 Å². The quantitative estimate of drug-likeness (QED) is 0.390. The molecule has 1 aromatic heterocycles. The van der Waals surface area contributed by atoms with Crippen molar-refractivity contribution in [2.24, 2.45) is 0 Å². The molecule has 34 heavy (non-hydrogen) atoms. The molecule has 2 N–H and O–H groups in total. The Labute approximate surface area is 198 Å². The second kappa shape index (κ2) is 9.31. The number of nitrogens with one attached hydrogen (secondary N) is 2. The van der Waals surface area contributed by atoms with Gasteiger partial charge in [0.15, 0.2) is 0 Å². The summed E-state index contributed by atoms with van der Waals surface area (Å²) >= 11 is 0. The fraction of sp³-hybridized carbons (Fsp3) is 0.185. The van der Waals surface area contributed by atoms with E-state index >= 15 is 0 Å². The van der Waals surface area contributed by atoms with E-state index < -0.39 is 0 Å². The second-order valence-corrected chi connectivity index (χ2v) is 8.98. The van der Waals surface area contributed by atoms with Crippen molar-refractivity contribution < 1.29 is 14.3 Å². The van der Waals surface area contributed by atoms with Gasteiger partial charge >= 0.3 is 0 Å². The van der Waals surface area contributed by atoms with Crippen LogP contribution in [0.15, 0.2) is 72.9 Å². The average Bonchev–Trinajstić information content (AvgIpc) is 2.78. The maximum atomic E-state index is 13.1. The molecule has 0 saturated carbocycles. The molecule has 0 fully saturated rings. The third-order valence-corrected chi connectivity index (χ3v) is 5.22. The Hall–Kier alpha value is -4.26. The molecule has 2 amide bonds. The van der Waals surface area contributed by atoms with Crippen molar-refractivity contribution >= 4 is 34.2 Å². The number of hydrogen-bond acceptors (Lipinski definition) is 5. The zero-order chi connectivity index (χ0) is 24.3. The molecule has 3 aromatic carbocycles. The molecule has 0 saturated heterocycles. The first-order valence-corrected chi connectivity index (χ1v) is 10.9. The highest BCUT2D eigenvalue weighted by Crippen LogP contribution is 2.28. The Morgan fingerprint density at radius 1 is 0.912 bits per heavy atom. The fourth-order valence-corrected chi connectivity index (χ4v) is 3.52. The van der Waals surface area contributed by atoms with Crippen LogP contribution in [0.5, 0.6) is 11.6 Å². The molecule has 0 aliphatic rings. The van der Waals surface area contributed by atoms with E-state index in [0.717, 1.165) is 22.0 Å². The lowest BCUT2D eigenvalue weighted by molar-refractivity contribution is -0.114. The molecule has 172 valence electrons. The lowest BCUT2D eigenvalue weighted by Crippen LogP contribution is -2.15. The molecule has 4 rings (SSSR count). The van der Waals surface area contributed by atoms with Gasteiger partial charge in [0.25, 0.3) is 5.91 Å². The maximum Gasteiger partial charge on any atom is 0.256 e. The highest BCUT2D eigenvalue weighted by Gasteiger charge is 2.16. The van der Waals surface area contributed by atoms with Gasteiger partial charge in [0.1, 0.15) is 5.75 Å². The third kappa shape index (κ3) is 5.38. The molecular formula is C27H26N4O3. The molecule has 0 aliphatic carbocycles. The number of hydrogen-bond donors (Lipinski definition) is 2. The SMILES string of the molecule is CC(=O)Nc1nccc(Oc2ccc3c(C(=O)Nc4cccc(C(C)(C)C)c4)cccc3c2)n1. The van der Waals surface area contributed by atoms with E-state index in [9.17, 15) is 9.59 Å². The standard InChI is InChI=1S/C27H26N4O3/c1-17(32)29-26-28-14-13-24(31-26)34-21-11-12-22-18(15-21)7-5-10-23(22)25(33)30-20-9-6-8-19(16-20)27(2,3)4/h5-16H,1-4H3,(H,30,33)(H,28,29,31,32). The van der Waals surface area contributed by atoms with Gasteiger partial charge in [0, 0.05) is 30.4 Å². The smallest absolute Gasteiger partial charge is 0.256 e. The van der Waals surface area contributed by atoms with Gasteiger partial charge in [0.2, 0.25) is 17.7 Å². The molecular weight excluding hydrogens is 428 g/mol. The summed E-state index contributed by atoms with van der Waals surface area (Å²) in [5.41, 5.74) is 2.47. The molecule has 0 radical (unpaired) electrons. The first kappa shape index (κ1) is 22.9. The minimum absolute atomic E-state index is 0.0108. The highest BCUT2D eigenvalue weighted by molar-refractivity contribution is 6.13. The van der Waals surface area contributed by atoms with E-state index in [4.69, 9.17) is 4.74 Å². The summed E-state index contributed by atoms with van der Waals surface area (Å²) in [5.74, 6) is 0.571. The van der Waals surface area contributed by atoms with E-state index in [1.54, 1.807) is 18.2 Å². The van der Waals surface area contributed by atoms with Crippen LogP contribution >= 0.6 is 0 Å².